The smallest absolute Gasteiger partial charge is 0.199 e. The zero-order valence-corrected chi connectivity index (χ0v) is 19.5. The highest BCUT2D eigenvalue weighted by Crippen LogP contribution is 2.42. The first kappa shape index (κ1) is 24.0. The van der Waals surface area contributed by atoms with Crippen LogP contribution in [0.5, 0.6) is 11.5 Å². The number of carbonyl (C=O) groups excluding carboxylic acids is 3. The lowest BCUT2D eigenvalue weighted by Crippen LogP contribution is -2.40. The molecule has 9 heteroatoms. The summed E-state index contributed by atoms with van der Waals surface area (Å²) >= 11 is 0. The molecule has 0 heterocycles. The first-order valence-corrected chi connectivity index (χ1v) is 10.7. The molecule has 2 aromatic rings. The minimum absolute atomic E-state index is 0.0355. The van der Waals surface area contributed by atoms with E-state index in [-0.39, 0.29) is 71.9 Å². The second-order valence-corrected chi connectivity index (χ2v) is 8.37. The van der Waals surface area contributed by atoms with Gasteiger partial charge in [-0.15, -0.1) is 0 Å². The van der Waals surface area contributed by atoms with Crippen LogP contribution >= 0.6 is 0 Å². The SMILES string of the molecule is COCOc1ccc(OCOC)c2c1C(=O)c1ccc3c(c1C2=O)C(=O)CC(C)(OCOC)C3. The number of hydrogen-bond donors (Lipinski definition) is 0. The molecule has 1 atom stereocenters. The molecule has 0 spiro atoms. The van der Waals surface area contributed by atoms with Gasteiger partial charge < -0.3 is 28.4 Å². The minimum atomic E-state index is -0.776. The summed E-state index contributed by atoms with van der Waals surface area (Å²) in [7, 11) is 4.41. The third-order valence-electron chi connectivity index (χ3n) is 5.91. The van der Waals surface area contributed by atoms with Crippen LogP contribution < -0.4 is 9.47 Å². The van der Waals surface area contributed by atoms with E-state index in [2.05, 4.69) is 0 Å². The highest BCUT2D eigenvalue weighted by atomic mass is 16.7. The van der Waals surface area contributed by atoms with Crippen molar-refractivity contribution >= 4 is 17.3 Å². The molecule has 0 aromatic heterocycles. The number of rotatable bonds is 9. The Bertz CT molecular complexity index is 1150. The first-order valence-electron chi connectivity index (χ1n) is 10.7. The largest absolute Gasteiger partial charge is 0.467 e. The Kier molecular flexibility index (Phi) is 6.81. The van der Waals surface area contributed by atoms with Crippen LogP contribution in [0.25, 0.3) is 0 Å². The molecule has 0 saturated carbocycles. The molecule has 0 fully saturated rings. The molecule has 34 heavy (non-hydrogen) atoms. The Hall–Kier alpha value is -3.11. The number of hydrogen-bond acceptors (Lipinski definition) is 9. The number of Topliss-reactive ketones (excluding diaryl/α,β-unsaturated/α-hetero) is 1. The molecule has 0 saturated heterocycles. The lowest BCUT2D eigenvalue weighted by Gasteiger charge is -2.35. The molecule has 0 bridgehead atoms. The van der Waals surface area contributed by atoms with Crippen LogP contribution in [0.3, 0.4) is 0 Å². The molecule has 0 aliphatic heterocycles. The van der Waals surface area contributed by atoms with E-state index in [0.29, 0.717) is 12.0 Å². The Labute approximate surface area is 196 Å². The molecular weight excluding hydrogens is 444 g/mol. The topological polar surface area (TPSA) is 107 Å². The van der Waals surface area contributed by atoms with E-state index in [4.69, 9.17) is 28.4 Å². The van der Waals surface area contributed by atoms with Crippen molar-refractivity contribution in [3.05, 3.63) is 57.6 Å². The molecule has 9 nitrogen and oxygen atoms in total. The minimum Gasteiger partial charge on any atom is -0.467 e. The number of ketones is 3. The average Bonchev–Trinajstić information content (AvgIpc) is 2.82. The van der Waals surface area contributed by atoms with Crippen LogP contribution in [-0.2, 0) is 25.4 Å². The molecule has 0 radical (unpaired) electrons. The predicted octanol–water partition coefficient (Wildman–Crippen LogP) is 2.94. The van der Waals surface area contributed by atoms with Crippen molar-refractivity contribution in [3.8, 4) is 11.5 Å². The number of ether oxygens (including phenoxy) is 6. The number of carbonyl (C=O) groups is 3. The second kappa shape index (κ2) is 9.63. The predicted molar refractivity (Wildman–Crippen MR) is 119 cm³/mol. The Morgan fingerprint density at radius 2 is 1.29 bits per heavy atom. The van der Waals surface area contributed by atoms with Crippen molar-refractivity contribution in [2.24, 2.45) is 0 Å². The van der Waals surface area contributed by atoms with Gasteiger partial charge in [0.15, 0.2) is 30.9 Å². The van der Waals surface area contributed by atoms with Crippen molar-refractivity contribution in [1.82, 2.24) is 0 Å². The van der Waals surface area contributed by atoms with Gasteiger partial charge in [-0.3, -0.25) is 14.4 Å². The number of fused-ring (bicyclic) bond motifs is 4. The van der Waals surface area contributed by atoms with Gasteiger partial charge in [-0.1, -0.05) is 6.07 Å². The van der Waals surface area contributed by atoms with Crippen LogP contribution in [0.4, 0.5) is 0 Å². The van der Waals surface area contributed by atoms with E-state index in [1.54, 1.807) is 18.2 Å². The number of methoxy groups -OCH3 is 3. The molecule has 2 aliphatic carbocycles. The summed E-state index contributed by atoms with van der Waals surface area (Å²) in [4.78, 5) is 40.8. The summed E-state index contributed by atoms with van der Waals surface area (Å²) < 4.78 is 31.9. The molecule has 0 amide bonds. The highest BCUT2D eigenvalue weighted by molar-refractivity contribution is 6.32. The maximum Gasteiger partial charge on any atom is 0.199 e. The van der Waals surface area contributed by atoms with Gasteiger partial charge in [0.1, 0.15) is 18.3 Å². The summed E-state index contributed by atoms with van der Waals surface area (Å²) in [5, 5.41) is 0. The molecule has 2 aromatic carbocycles. The first-order chi connectivity index (χ1) is 16.3. The molecule has 1 unspecified atom stereocenters. The monoisotopic (exact) mass is 470 g/mol. The second-order valence-electron chi connectivity index (χ2n) is 8.37. The third-order valence-corrected chi connectivity index (χ3v) is 5.91. The van der Waals surface area contributed by atoms with E-state index >= 15 is 0 Å². The van der Waals surface area contributed by atoms with Gasteiger partial charge >= 0.3 is 0 Å². The third kappa shape index (κ3) is 4.12. The molecular formula is C25H26O9. The van der Waals surface area contributed by atoms with Crippen molar-refractivity contribution in [1.29, 1.82) is 0 Å². The van der Waals surface area contributed by atoms with Gasteiger partial charge in [-0.25, -0.2) is 0 Å². The van der Waals surface area contributed by atoms with Crippen LogP contribution in [0.2, 0.25) is 0 Å². The molecule has 0 N–H and O–H groups in total. The van der Waals surface area contributed by atoms with Crippen LogP contribution in [-0.4, -0.2) is 64.7 Å². The van der Waals surface area contributed by atoms with Gasteiger partial charge in [-0.2, -0.15) is 0 Å². The van der Waals surface area contributed by atoms with Crippen molar-refractivity contribution in [3.63, 3.8) is 0 Å². The van der Waals surface area contributed by atoms with Crippen LogP contribution in [0, 0.1) is 0 Å². The maximum atomic E-state index is 13.9. The van der Waals surface area contributed by atoms with Crippen molar-refractivity contribution in [2.45, 2.75) is 25.4 Å². The van der Waals surface area contributed by atoms with Gasteiger partial charge in [0.2, 0.25) is 0 Å². The normalized spacial score (nSPS) is 18.9. The van der Waals surface area contributed by atoms with Gasteiger partial charge in [0.25, 0.3) is 0 Å². The lowest BCUT2D eigenvalue weighted by atomic mass is 9.73. The summed E-state index contributed by atoms with van der Waals surface area (Å²) in [5.74, 6) is -0.828. The van der Waals surface area contributed by atoms with Crippen LogP contribution in [0.15, 0.2) is 24.3 Å². The average molecular weight is 470 g/mol. The summed E-state index contributed by atoms with van der Waals surface area (Å²) in [6.07, 6.45) is 0.446. The van der Waals surface area contributed by atoms with E-state index in [1.807, 2.05) is 6.92 Å². The van der Waals surface area contributed by atoms with Gasteiger partial charge in [-0.05, 0) is 30.7 Å². The summed E-state index contributed by atoms with van der Waals surface area (Å²) in [5.41, 5.74) is 0.456. The molecule has 4 rings (SSSR count). The fraction of sp³-hybridized carbons (Fsp3) is 0.400. The fourth-order valence-electron chi connectivity index (χ4n) is 4.49. The summed E-state index contributed by atoms with van der Waals surface area (Å²) in [6.45, 7) is 1.63. The Balaban J connectivity index is 1.86. The Morgan fingerprint density at radius 3 is 1.88 bits per heavy atom. The standard InChI is InChI=1S/C25H26O9/c1-25(34-13-31-4)9-14-5-6-15-20(19(14)16(26)10-25)24(28)22-18(33-12-30-3)8-7-17(32-11-29-2)21(22)23(15)27/h5-8H,9-13H2,1-4H3. The molecule has 2 aliphatic rings. The van der Waals surface area contributed by atoms with Crippen molar-refractivity contribution < 1.29 is 42.8 Å². The molecule has 180 valence electrons. The van der Waals surface area contributed by atoms with E-state index in [0.717, 1.165) is 0 Å². The Morgan fingerprint density at radius 1 is 0.706 bits per heavy atom. The van der Waals surface area contributed by atoms with E-state index < -0.39 is 17.2 Å². The summed E-state index contributed by atoms with van der Waals surface area (Å²) in [6, 6.07) is 6.36. The lowest BCUT2D eigenvalue weighted by molar-refractivity contribution is -0.122. The highest BCUT2D eigenvalue weighted by Gasteiger charge is 2.43. The van der Waals surface area contributed by atoms with Gasteiger partial charge in [0.05, 0.1) is 16.7 Å². The quantitative estimate of drug-likeness (QED) is 0.436. The van der Waals surface area contributed by atoms with Crippen LogP contribution in [0.1, 0.15) is 61.1 Å². The number of benzene rings is 2. The maximum absolute atomic E-state index is 13.9. The van der Waals surface area contributed by atoms with Gasteiger partial charge in [0, 0.05) is 50.9 Å². The fourth-order valence-corrected chi connectivity index (χ4v) is 4.49. The zero-order chi connectivity index (χ0) is 24.5. The van der Waals surface area contributed by atoms with E-state index in [9.17, 15) is 14.4 Å². The van der Waals surface area contributed by atoms with Crippen molar-refractivity contribution in [2.75, 3.05) is 41.7 Å². The van der Waals surface area contributed by atoms with E-state index in [1.165, 1.54) is 27.4 Å². The zero-order valence-electron chi connectivity index (χ0n) is 19.5.